The first kappa shape index (κ1) is 12.9. The second-order valence-electron chi connectivity index (χ2n) is 5.85. The summed E-state index contributed by atoms with van der Waals surface area (Å²) in [4.78, 5) is 5.26. The van der Waals surface area contributed by atoms with Gasteiger partial charge in [-0.3, -0.25) is 4.90 Å². The largest absolute Gasteiger partial charge is 0.368 e. The van der Waals surface area contributed by atoms with Crippen LogP contribution in [-0.4, -0.2) is 44.2 Å². The van der Waals surface area contributed by atoms with Crippen molar-refractivity contribution in [1.29, 1.82) is 0 Å². The number of hydrogen-bond donors (Lipinski definition) is 1. The standard InChI is InChI=1S/C16H25N3/c1-13(17-2)15-7-3-4-8-16(15)19-11-10-18-9-5-6-14(18)12-19/h3-4,7-8,13-14,17H,5-6,9-12H2,1-2H3. The molecule has 3 nitrogen and oxygen atoms in total. The Kier molecular flexibility index (Phi) is 3.76. The van der Waals surface area contributed by atoms with E-state index in [9.17, 15) is 0 Å². The molecule has 0 aliphatic carbocycles. The number of anilines is 1. The topological polar surface area (TPSA) is 18.5 Å². The van der Waals surface area contributed by atoms with Crippen molar-refractivity contribution in [2.45, 2.75) is 31.8 Å². The summed E-state index contributed by atoms with van der Waals surface area (Å²) < 4.78 is 0. The molecular weight excluding hydrogens is 234 g/mol. The van der Waals surface area contributed by atoms with Crippen molar-refractivity contribution < 1.29 is 0 Å². The molecule has 19 heavy (non-hydrogen) atoms. The minimum atomic E-state index is 0.415. The maximum Gasteiger partial charge on any atom is 0.0415 e. The third-order valence-electron chi connectivity index (χ3n) is 4.76. The number of piperazine rings is 1. The van der Waals surface area contributed by atoms with Crippen LogP contribution in [0.1, 0.15) is 31.4 Å². The highest BCUT2D eigenvalue weighted by Gasteiger charge is 2.31. The van der Waals surface area contributed by atoms with E-state index in [-0.39, 0.29) is 0 Å². The molecule has 0 spiro atoms. The van der Waals surface area contributed by atoms with Crippen LogP contribution in [0.4, 0.5) is 5.69 Å². The molecule has 104 valence electrons. The average Bonchev–Trinajstić information content (AvgIpc) is 2.93. The summed E-state index contributed by atoms with van der Waals surface area (Å²) in [7, 11) is 2.04. The van der Waals surface area contributed by atoms with E-state index in [1.54, 1.807) is 0 Å². The van der Waals surface area contributed by atoms with Crippen LogP contribution in [0.5, 0.6) is 0 Å². The fourth-order valence-corrected chi connectivity index (χ4v) is 3.51. The maximum absolute atomic E-state index is 3.37. The summed E-state index contributed by atoms with van der Waals surface area (Å²) in [6, 6.07) is 10.1. The minimum absolute atomic E-state index is 0.415. The van der Waals surface area contributed by atoms with Crippen molar-refractivity contribution in [3.8, 4) is 0 Å². The molecule has 2 aliphatic heterocycles. The second-order valence-corrected chi connectivity index (χ2v) is 5.85. The highest BCUT2D eigenvalue weighted by molar-refractivity contribution is 5.55. The summed E-state index contributed by atoms with van der Waals surface area (Å²) in [6.07, 6.45) is 2.76. The number of para-hydroxylation sites is 1. The Bertz CT molecular complexity index is 432. The summed E-state index contributed by atoms with van der Waals surface area (Å²) in [5.74, 6) is 0. The summed E-state index contributed by atoms with van der Waals surface area (Å²) in [6.45, 7) is 7.15. The summed E-state index contributed by atoms with van der Waals surface area (Å²) >= 11 is 0. The number of nitrogens with one attached hydrogen (secondary N) is 1. The molecule has 3 rings (SSSR count). The van der Waals surface area contributed by atoms with E-state index in [0.717, 1.165) is 6.04 Å². The fourth-order valence-electron chi connectivity index (χ4n) is 3.51. The predicted octanol–water partition coefficient (Wildman–Crippen LogP) is 2.25. The Hall–Kier alpha value is -1.06. The Balaban J connectivity index is 1.82. The van der Waals surface area contributed by atoms with Crippen LogP contribution < -0.4 is 10.2 Å². The van der Waals surface area contributed by atoms with Gasteiger partial charge in [-0.05, 0) is 45.0 Å². The molecule has 2 atom stereocenters. The average molecular weight is 259 g/mol. The molecule has 1 aromatic rings. The predicted molar refractivity (Wildman–Crippen MR) is 80.7 cm³/mol. The van der Waals surface area contributed by atoms with E-state index in [1.165, 1.54) is 50.3 Å². The maximum atomic E-state index is 3.37. The highest BCUT2D eigenvalue weighted by atomic mass is 15.3. The van der Waals surface area contributed by atoms with Gasteiger partial charge >= 0.3 is 0 Å². The van der Waals surface area contributed by atoms with Crippen molar-refractivity contribution in [2.75, 3.05) is 38.1 Å². The van der Waals surface area contributed by atoms with Crippen LogP contribution in [0, 0.1) is 0 Å². The van der Waals surface area contributed by atoms with Gasteiger partial charge in [0, 0.05) is 37.4 Å². The van der Waals surface area contributed by atoms with Gasteiger partial charge in [-0.2, -0.15) is 0 Å². The van der Waals surface area contributed by atoms with Gasteiger partial charge in [-0.25, -0.2) is 0 Å². The first-order chi connectivity index (χ1) is 9.29. The zero-order valence-electron chi connectivity index (χ0n) is 12.1. The quantitative estimate of drug-likeness (QED) is 0.898. The molecule has 0 saturated carbocycles. The molecule has 0 amide bonds. The SMILES string of the molecule is CNC(C)c1ccccc1N1CCN2CCCC2C1. The lowest BCUT2D eigenvalue weighted by Crippen LogP contribution is -2.50. The van der Waals surface area contributed by atoms with Crippen LogP contribution >= 0.6 is 0 Å². The van der Waals surface area contributed by atoms with E-state index in [2.05, 4.69) is 46.3 Å². The zero-order chi connectivity index (χ0) is 13.2. The summed E-state index contributed by atoms with van der Waals surface area (Å²) in [5, 5.41) is 3.37. The highest BCUT2D eigenvalue weighted by Crippen LogP contribution is 2.30. The molecule has 2 fully saturated rings. The smallest absolute Gasteiger partial charge is 0.0415 e. The Morgan fingerprint density at radius 2 is 2.05 bits per heavy atom. The molecule has 2 unspecified atom stereocenters. The van der Waals surface area contributed by atoms with Crippen molar-refractivity contribution in [3.63, 3.8) is 0 Å². The number of rotatable bonds is 3. The molecule has 0 bridgehead atoms. The second kappa shape index (κ2) is 5.51. The van der Waals surface area contributed by atoms with Gasteiger partial charge in [0.25, 0.3) is 0 Å². The van der Waals surface area contributed by atoms with Crippen LogP contribution in [0.25, 0.3) is 0 Å². The zero-order valence-corrected chi connectivity index (χ0v) is 12.1. The van der Waals surface area contributed by atoms with Crippen molar-refractivity contribution in [3.05, 3.63) is 29.8 Å². The molecule has 1 aromatic carbocycles. The van der Waals surface area contributed by atoms with Crippen molar-refractivity contribution in [2.24, 2.45) is 0 Å². The van der Waals surface area contributed by atoms with Crippen LogP contribution in [0.15, 0.2) is 24.3 Å². The molecule has 3 heteroatoms. The van der Waals surface area contributed by atoms with Gasteiger partial charge in [0.2, 0.25) is 0 Å². The van der Waals surface area contributed by atoms with Crippen molar-refractivity contribution in [1.82, 2.24) is 10.2 Å². The minimum Gasteiger partial charge on any atom is -0.368 e. The molecule has 0 aromatic heterocycles. The summed E-state index contributed by atoms with van der Waals surface area (Å²) in [5.41, 5.74) is 2.85. The molecular formula is C16H25N3. The van der Waals surface area contributed by atoms with Gasteiger partial charge in [0.1, 0.15) is 0 Å². The number of nitrogens with zero attached hydrogens (tertiary/aromatic N) is 2. The first-order valence-electron chi connectivity index (χ1n) is 7.55. The van der Waals surface area contributed by atoms with Crippen LogP contribution in [-0.2, 0) is 0 Å². The van der Waals surface area contributed by atoms with Gasteiger partial charge in [-0.15, -0.1) is 0 Å². The van der Waals surface area contributed by atoms with Crippen molar-refractivity contribution >= 4 is 5.69 Å². The van der Waals surface area contributed by atoms with Gasteiger partial charge in [0.05, 0.1) is 0 Å². The van der Waals surface area contributed by atoms with Crippen LogP contribution in [0.3, 0.4) is 0 Å². The first-order valence-corrected chi connectivity index (χ1v) is 7.55. The molecule has 0 radical (unpaired) electrons. The van der Waals surface area contributed by atoms with E-state index in [1.807, 2.05) is 7.05 Å². The van der Waals surface area contributed by atoms with E-state index in [4.69, 9.17) is 0 Å². The third-order valence-corrected chi connectivity index (χ3v) is 4.76. The molecule has 2 heterocycles. The lowest BCUT2D eigenvalue weighted by atomic mass is 10.0. The van der Waals surface area contributed by atoms with E-state index >= 15 is 0 Å². The normalized spacial score (nSPS) is 25.4. The van der Waals surface area contributed by atoms with E-state index in [0.29, 0.717) is 6.04 Å². The Labute approximate surface area is 116 Å². The molecule has 1 N–H and O–H groups in total. The number of benzene rings is 1. The van der Waals surface area contributed by atoms with Gasteiger partial charge < -0.3 is 10.2 Å². The molecule has 2 aliphatic rings. The van der Waals surface area contributed by atoms with Crippen LogP contribution in [0.2, 0.25) is 0 Å². The van der Waals surface area contributed by atoms with E-state index < -0.39 is 0 Å². The number of fused-ring (bicyclic) bond motifs is 1. The van der Waals surface area contributed by atoms with Gasteiger partial charge in [-0.1, -0.05) is 18.2 Å². The lowest BCUT2D eigenvalue weighted by Gasteiger charge is -2.40. The molecule has 2 saturated heterocycles. The third kappa shape index (κ3) is 2.49. The Morgan fingerprint density at radius 3 is 2.89 bits per heavy atom. The lowest BCUT2D eigenvalue weighted by molar-refractivity contribution is 0.230. The monoisotopic (exact) mass is 259 g/mol. The Morgan fingerprint density at radius 1 is 1.21 bits per heavy atom. The number of hydrogen-bond acceptors (Lipinski definition) is 3. The fraction of sp³-hybridized carbons (Fsp3) is 0.625. The van der Waals surface area contributed by atoms with Gasteiger partial charge in [0.15, 0.2) is 0 Å².